The Morgan fingerprint density at radius 3 is 2.54 bits per heavy atom. The van der Waals surface area contributed by atoms with Crippen LogP contribution >= 0.6 is 0 Å². The molecule has 0 atom stereocenters. The molecule has 0 saturated heterocycles. The molecule has 4 amide bonds. The van der Waals surface area contributed by atoms with Gasteiger partial charge in [-0.1, -0.05) is 0 Å². The molecular weight excluding hydrogens is 172 g/mol. The van der Waals surface area contributed by atoms with Gasteiger partial charge in [0.2, 0.25) is 0 Å². The van der Waals surface area contributed by atoms with Crippen molar-refractivity contribution in [3.05, 3.63) is 0 Å². The molecule has 0 fully saturated rings. The quantitative estimate of drug-likeness (QED) is 0.510. The fourth-order valence-electron chi connectivity index (χ4n) is 0.820. The number of hydrogen-bond acceptors (Lipinski definition) is 2. The minimum atomic E-state index is -0.539. The van der Waals surface area contributed by atoms with Crippen LogP contribution in [0.2, 0.25) is 0 Å². The van der Waals surface area contributed by atoms with Crippen LogP contribution in [0.1, 0.15) is 6.42 Å². The van der Waals surface area contributed by atoms with E-state index < -0.39 is 6.03 Å². The van der Waals surface area contributed by atoms with Crippen molar-refractivity contribution in [2.45, 2.75) is 6.42 Å². The molecule has 4 N–H and O–H groups in total. The first kappa shape index (κ1) is 11.5. The maximum Gasteiger partial charge on any atom is 0.316 e. The maximum absolute atomic E-state index is 10.9. The second-order valence-corrected chi connectivity index (χ2v) is 2.62. The molecule has 0 radical (unpaired) electrons. The first-order valence-electron chi connectivity index (χ1n) is 4.04. The molecule has 0 heterocycles. The first-order valence-corrected chi connectivity index (χ1v) is 4.04. The van der Waals surface area contributed by atoms with Gasteiger partial charge in [-0.3, -0.25) is 0 Å². The van der Waals surface area contributed by atoms with Crippen LogP contribution in [0.25, 0.3) is 0 Å². The zero-order valence-electron chi connectivity index (χ0n) is 7.96. The molecule has 0 spiro atoms. The van der Waals surface area contributed by atoms with Crippen molar-refractivity contribution in [3.8, 4) is 0 Å². The van der Waals surface area contributed by atoms with Gasteiger partial charge in [-0.2, -0.15) is 0 Å². The standard InChI is InChI=1S/C7H16N4O2/c1-9-7(13)11(2)5-3-4-10-6(8)12/h3-5H2,1-2H3,(H,9,13)(H3,8,10,12). The van der Waals surface area contributed by atoms with E-state index in [0.717, 1.165) is 0 Å². The average molecular weight is 188 g/mol. The number of nitrogens with two attached hydrogens (primary N) is 1. The Bertz CT molecular complexity index is 183. The van der Waals surface area contributed by atoms with E-state index in [4.69, 9.17) is 5.73 Å². The van der Waals surface area contributed by atoms with Crippen molar-refractivity contribution >= 4 is 12.1 Å². The number of nitrogens with zero attached hydrogens (tertiary/aromatic N) is 1. The van der Waals surface area contributed by atoms with Crippen molar-refractivity contribution in [2.24, 2.45) is 5.73 Å². The van der Waals surface area contributed by atoms with Crippen molar-refractivity contribution in [1.29, 1.82) is 0 Å². The Morgan fingerprint density at radius 1 is 1.46 bits per heavy atom. The summed E-state index contributed by atoms with van der Waals surface area (Å²) in [6.45, 7) is 1.07. The fraction of sp³-hybridized carbons (Fsp3) is 0.714. The number of carbonyl (C=O) groups excluding carboxylic acids is 2. The fourth-order valence-corrected chi connectivity index (χ4v) is 0.820. The minimum absolute atomic E-state index is 0.140. The Morgan fingerprint density at radius 2 is 2.08 bits per heavy atom. The first-order chi connectivity index (χ1) is 6.07. The molecule has 0 rings (SSSR count). The van der Waals surface area contributed by atoms with Crippen LogP contribution in [0.4, 0.5) is 9.59 Å². The van der Waals surface area contributed by atoms with Gasteiger partial charge in [-0.25, -0.2) is 9.59 Å². The number of amides is 4. The van der Waals surface area contributed by atoms with Crippen molar-refractivity contribution < 1.29 is 9.59 Å². The van der Waals surface area contributed by atoms with E-state index in [9.17, 15) is 9.59 Å². The number of urea groups is 2. The van der Waals surface area contributed by atoms with Crippen LogP contribution in [0, 0.1) is 0 Å². The topological polar surface area (TPSA) is 87.5 Å². The van der Waals surface area contributed by atoms with E-state index in [2.05, 4.69) is 10.6 Å². The highest BCUT2D eigenvalue weighted by molar-refractivity contribution is 5.73. The molecule has 0 aromatic heterocycles. The van der Waals surface area contributed by atoms with Gasteiger partial charge in [0, 0.05) is 27.2 Å². The predicted molar refractivity (Wildman–Crippen MR) is 49.3 cm³/mol. The van der Waals surface area contributed by atoms with Gasteiger partial charge in [0.25, 0.3) is 0 Å². The van der Waals surface area contributed by atoms with E-state index in [1.807, 2.05) is 0 Å². The summed E-state index contributed by atoms with van der Waals surface area (Å²) < 4.78 is 0. The van der Waals surface area contributed by atoms with E-state index in [-0.39, 0.29) is 6.03 Å². The molecule has 0 aliphatic rings. The van der Waals surface area contributed by atoms with E-state index in [1.165, 1.54) is 4.90 Å². The number of rotatable bonds is 4. The highest BCUT2D eigenvalue weighted by Crippen LogP contribution is 1.86. The van der Waals surface area contributed by atoms with Gasteiger partial charge in [-0.15, -0.1) is 0 Å². The summed E-state index contributed by atoms with van der Waals surface area (Å²) in [6.07, 6.45) is 0.687. The molecule has 6 nitrogen and oxygen atoms in total. The summed E-state index contributed by atoms with van der Waals surface area (Å²) >= 11 is 0. The van der Waals surface area contributed by atoms with Gasteiger partial charge in [0.1, 0.15) is 0 Å². The molecule has 0 aliphatic heterocycles. The SMILES string of the molecule is CNC(=O)N(C)CCCNC(N)=O. The Labute approximate surface area is 77.5 Å². The third-order valence-corrected chi connectivity index (χ3v) is 1.53. The number of hydrogen-bond donors (Lipinski definition) is 3. The lowest BCUT2D eigenvalue weighted by atomic mass is 10.4. The Kier molecular flexibility index (Phi) is 5.42. The Balaban J connectivity index is 3.42. The molecule has 13 heavy (non-hydrogen) atoms. The lowest BCUT2D eigenvalue weighted by Gasteiger charge is -2.15. The monoisotopic (exact) mass is 188 g/mol. The van der Waals surface area contributed by atoms with E-state index in [0.29, 0.717) is 19.5 Å². The summed E-state index contributed by atoms with van der Waals surface area (Å²) in [5.74, 6) is 0. The van der Waals surface area contributed by atoms with Gasteiger partial charge in [-0.05, 0) is 6.42 Å². The summed E-state index contributed by atoms with van der Waals surface area (Å²) in [7, 11) is 3.25. The van der Waals surface area contributed by atoms with E-state index in [1.54, 1.807) is 14.1 Å². The molecule has 0 saturated carbocycles. The lowest BCUT2D eigenvalue weighted by molar-refractivity contribution is 0.210. The summed E-state index contributed by atoms with van der Waals surface area (Å²) in [6, 6.07) is -0.679. The van der Waals surface area contributed by atoms with Crippen molar-refractivity contribution in [3.63, 3.8) is 0 Å². The second-order valence-electron chi connectivity index (χ2n) is 2.62. The van der Waals surface area contributed by atoms with Crippen LogP contribution in [0.15, 0.2) is 0 Å². The van der Waals surface area contributed by atoms with Crippen LogP contribution in [0.3, 0.4) is 0 Å². The highest BCUT2D eigenvalue weighted by Gasteiger charge is 2.03. The molecule has 6 heteroatoms. The summed E-state index contributed by atoms with van der Waals surface area (Å²) in [4.78, 5) is 22.7. The third-order valence-electron chi connectivity index (χ3n) is 1.53. The summed E-state index contributed by atoms with van der Waals surface area (Å²) in [5.41, 5.74) is 4.85. The summed E-state index contributed by atoms with van der Waals surface area (Å²) in [5, 5.41) is 4.93. The molecule has 0 unspecified atom stereocenters. The van der Waals surface area contributed by atoms with Crippen molar-refractivity contribution in [1.82, 2.24) is 15.5 Å². The molecule has 0 aromatic carbocycles. The maximum atomic E-state index is 10.9. The molecule has 0 bridgehead atoms. The van der Waals surface area contributed by atoms with E-state index >= 15 is 0 Å². The zero-order valence-corrected chi connectivity index (χ0v) is 7.96. The highest BCUT2D eigenvalue weighted by atomic mass is 16.2. The molecule has 0 aliphatic carbocycles. The smallest absolute Gasteiger partial charge is 0.316 e. The van der Waals surface area contributed by atoms with Gasteiger partial charge >= 0.3 is 12.1 Å². The van der Waals surface area contributed by atoms with Crippen LogP contribution in [-0.4, -0.2) is 44.1 Å². The second kappa shape index (κ2) is 6.10. The number of carbonyl (C=O) groups is 2. The van der Waals surface area contributed by atoms with Crippen LogP contribution in [-0.2, 0) is 0 Å². The van der Waals surface area contributed by atoms with Gasteiger partial charge < -0.3 is 21.3 Å². The normalized spacial score (nSPS) is 9.08. The van der Waals surface area contributed by atoms with Gasteiger partial charge in [0.15, 0.2) is 0 Å². The Hall–Kier alpha value is -1.46. The molecular formula is C7H16N4O2. The third kappa shape index (κ3) is 5.77. The van der Waals surface area contributed by atoms with Gasteiger partial charge in [0.05, 0.1) is 0 Å². The number of nitrogens with one attached hydrogen (secondary N) is 2. The zero-order chi connectivity index (χ0) is 10.3. The minimum Gasteiger partial charge on any atom is -0.352 e. The predicted octanol–water partition coefficient (Wildman–Crippen LogP) is -0.684. The number of primary amides is 1. The lowest BCUT2D eigenvalue weighted by Crippen LogP contribution is -2.37. The van der Waals surface area contributed by atoms with Crippen LogP contribution in [0.5, 0.6) is 0 Å². The van der Waals surface area contributed by atoms with Crippen molar-refractivity contribution in [2.75, 3.05) is 27.2 Å². The molecule has 76 valence electrons. The molecule has 0 aromatic rings. The largest absolute Gasteiger partial charge is 0.352 e. The van der Waals surface area contributed by atoms with Crippen LogP contribution < -0.4 is 16.4 Å². The average Bonchev–Trinajstić information content (AvgIpc) is 2.10.